The number of nitrogens with one attached hydrogen (secondary N) is 9. The maximum absolute atomic E-state index is 13.8. The molecule has 2 aliphatic rings. The molecule has 62 heavy (non-hydrogen) atoms. The Hall–Kier alpha value is -3.87. The second-order valence-corrected chi connectivity index (χ2v) is 17.1. The van der Waals surface area contributed by atoms with Gasteiger partial charge in [0.1, 0.15) is 30.2 Å². The van der Waals surface area contributed by atoms with Crippen LogP contribution >= 0.6 is 0 Å². The van der Waals surface area contributed by atoms with Crippen LogP contribution in [-0.4, -0.2) is 123 Å². The quantitative estimate of drug-likeness (QED) is 0.0402. The topological polar surface area (TPSA) is 280 Å². The molecule has 13 N–H and O–H groups in total. The first-order chi connectivity index (χ1) is 29.9. The molecule has 2 rings (SSSR count). The zero-order valence-corrected chi connectivity index (χ0v) is 38.1. The van der Waals surface area contributed by atoms with Gasteiger partial charge in [0.15, 0.2) is 0 Å². The molecule has 7 amide bonds. The molecule has 356 valence electrons. The molecule has 0 saturated carbocycles. The number of unbranched alkanes of at least 4 members (excludes halogenated alkanes) is 10. The molecule has 2 fully saturated rings. The normalized spacial score (nSPS) is 18.4. The summed E-state index contributed by atoms with van der Waals surface area (Å²) in [5.74, 6) is -2.67. The number of amides is 7. The fourth-order valence-electron chi connectivity index (χ4n) is 7.64. The molecule has 0 spiro atoms. The van der Waals surface area contributed by atoms with Crippen molar-refractivity contribution in [2.24, 2.45) is 11.5 Å². The van der Waals surface area contributed by atoms with Crippen LogP contribution in [0.4, 0.5) is 0 Å². The second-order valence-electron chi connectivity index (χ2n) is 17.1. The van der Waals surface area contributed by atoms with Gasteiger partial charge >= 0.3 is 0 Å². The van der Waals surface area contributed by atoms with Gasteiger partial charge in [-0.2, -0.15) is 0 Å². The van der Waals surface area contributed by atoms with Crippen LogP contribution in [-0.2, 0) is 33.6 Å². The minimum absolute atomic E-state index is 0.246. The predicted octanol–water partition coefficient (Wildman–Crippen LogP) is 0.756. The van der Waals surface area contributed by atoms with Crippen LogP contribution in [0.15, 0.2) is 0 Å². The molecule has 0 aromatic rings. The minimum atomic E-state index is -0.956. The van der Waals surface area contributed by atoms with Crippen LogP contribution in [0.3, 0.4) is 0 Å². The van der Waals surface area contributed by atoms with E-state index >= 15 is 0 Å². The monoisotopic (exact) mass is 878 g/mol. The smallest absolute Gasteiger partial charge is 0.243 e. The highest BCUT2D eigenvalue weighted by Gasteiger charge is 2.31. The summed E-state index contributed by atoms with van der Waals surface area (Å²) in [6, 6.07) is -5.08. The number of carbonyl (C=O) groups excluding carboxylic acids is 7. The van der Waals surface area contributed by atoms with E-state index in [4.69, 9.17) is 11.5 Å². The van der Waals surface area contributed by atoms with E-state index in [0.717, 1.165) is 51.6 Å². The lowest BCUT2D eigenvalue weighted by molar-refractivity contribution is -0.134. The standard InChI is InChI=1S/C44H83N11O7/c1-4-5-6-7-8-9-10-16-27-49-41(59)36(55-44(62)37(21-12-15-26-46)54-39(57)32(3)52-43(61)34-24-19-30-48-34)22-13-17-28-50-40(58)35(20-11-14-25-45)53-38(56)31(2)51-42(60)33-23-18-29-47-33/h31-37,47-48H,4-30,45-46H2,1-3H3,(H,49,59)(H,50,58)(H,51,60)(H,52,61)(H,53,56)(H,54,57)(H,55,62)/t31-,32-,33-,34-,35-,36-,37-/m0/s1. The lowest BCUT2D eigenvalue weighted by Gasteiger charge is -2.25. The molecule has 0 aliphatic carbocycles. The van der Waals surface area contributed by atoms with Crippen LogP contribution < -0.4 is 59.3 Å². The SMILES string of the molecule is CCCCCCCCCCNC(=O)[C@H](CCCCNC(=O)[C@H](CCCCN)NC(=O)[C@H](C)NC(=O)[C@@H]1CCCN1)NC(=O)[C@H](CCCCN)NC(=O)[C@H](C)NC(=O)[C@@H]1CCCN1. The number of rotatable bonds is 34. The summed E-state index contributed by atoms with van der Waals surface area (Å²) in [7, 11) is 0. The summed E-state index contributed by atoms with van der Waals surface area (Å²) in [5.41, 5.74) is 11.4. The van der Waals surface area contributed by atoms with Crippen molar-refractivity contribution in [1.29, 1.82) is 0 Å². The van der Waals surface area contributed by atoms with Crippen LogP contribution in [0.5, 0.6) is 0 Å². The molecule has 2 saturated heterocycles. The van der Waals surface area contributed by atoms with Gasteiger partial charge in [0.2, 0.25) is 41.4 Å². The first-order valence-electron chi connectivity index (χ1n) is 23.9. The van der Waals surface area contributed by atoms with E-state index in [-0.39, 0.29) is 48.7 Å². The Balaban J connectivity index is 2.02. The Labute approximate surface area is 370 Å². The maximum Gasteiger partial charge on any atom is 0.243 e. The Bertz CT molecular complexity index is 1340. The highest BCUT2D eigenvalue weighted by Crippen LogP contribution is 2.11. The van der Waals surface area contributed by atoms with E-state index in [0.29, 0.717) is 83.8 Å². The summed E-state index contributed by atoms with van der Waals surface area (Å²) in [5, 5.41) is 26.1. The molecule has 2 heterocycles. The van der Waals surface area contributed by atoms with E-state index in [1.165, 1.54) is 25.7 Å². The summed E-state index contributed by atoms with van der Waals surface area (Å²) in [6.45, 7) is 8.44. The molecule has 0 radical (unpaired) electrons. The van der Waals surface area contributed by atoms with Crippen molar-refractivity contribution >= 4 is 41.4 Å². The van der Waals surface area contributed by atoms with Crippen molar-refractivity contribution < 1.29 is 33.6 Å². The predicted molar refractivity (Wildman–Crippen MR) is 241 cm³/mol. The van der Waals surface area contributed by atoms with E-state index in [1.54, 1.807) is 13.8 Å². The summed E-state index contributed by atoms with van der Waals surface area (Å²) >= 11 is 0. The molecule has 18 nitrogen and oxygen atoms in total. The second kappa shape index (κ2) is 32.8. The van der Waals surface area contributed by atoms with Gasteiger partial charge in [-0.25, -0.2) is 0 Å². The average molecular weight is 878 g/mol. The number of hydrogen-bond donors (Lipinski definition) is 11. The van der Waals surface area contributed by atoms with Crippen LogP contribution in [0.25, 0.3) is 0 Å². The average Bonchev–Trinajstić information content (AvgIpc) is 4.01. The first-order valence-corrected chi connectivity index (χ1v) is 23.9. The summed E-state index contributed by atoms with van der Waals surface area (Å²) in [4.78, 5) is 92.3. The molecule has 18 heteroatoms. The van der Waals surface area contributed by atoms with Crippen molar-refractivity contribution in [2.75, 3.05) is 39.3 Å². The van der Waals surface area contributed by atoms with Gasteiger partial charge in [0.05, 0.1) is 12.1 Å². The number of carbonyl (C=O) groups is 7. The molecule has 0 bridgehead atoms. The van der Waals surface area contributed by atoms with Gasteiger partial charge in [-0.15, -0.1) is 0 Å². The van der Waals surface area contributed by atoms with Crippen molar-refractivity contribution in [2.45, 2.75) is 198 Å². The third-order valence-corrected chi connectivity index (χ3v) is 11.6. The Morgan fingerprint density at radius 1 is 0.484 bits per heavy atom. The van der Waals surface area contributed by atoms with Gasteiger partial charge in [-0.05, 0) is 130 Å². The maximum atomic E-state index is 13.8. The van der Waals surface area contributed by atoms with Crippen LogP contribution in [0, 0.1) is 0 Å². The van der Waals surface area contributed by atoms with Crippen molar-refractivity contribution in [3.8, 4) is 0 Å². The Morgan fingerprint density at radius 2 is 0.855 bits per heavy atom. The number of hydrogen-bond acceptors (Lipinski definition) is 11. The van der Waals surface area contributed by atoms with Crippen LogP contribution in [0.1, 0.15) is 156 Å². The minimum Gasteiger partial charge on any atom is -0.354 e. The molecule has 7 atom stereocenters. The zero-order chi connectivity index (χ0) is 45.5. The van der Waals surface area contributed by atoms with Crippen LogP contribution in [0.2, 0.25) is 0 Å². The van der Waals surface area contributed by atoms with Crippen molar-refractivity contribution in [3.63, 3.8) is 0 Å². The number of nitrogens with two attached hydrogens (primary N) is 2. The van der Waals surface area contributed by atoms with E-state index in [1.807, 2.05) is 0 Å². The van der Waals surface area contributed by atoms with Gasteiger partial charge in [-0.1, -0.05) is 51.9 Å². The van der Waals surface area contributed by atoms with Gasteiger partial charge in [0, 0.05) is 13.1 Å². The molecule has 0 unspecified atom stereocenters. The first kappa shape index (κ1) is 54.3. The summed E-state index contributed by atoms with van der Waals surface area (Å²) in [6.07, 6.45) is 16.5. The zero-order valence-electron chi connectivity index (χ0n) is 38.1. The molecule has 0 aromatic carbocycles. The Morgan fingerprint density at radius 3 is 1.26 bits per heavy atom. The molecule has 0 aromatic heterocycles. The van der Waals surface area contributed by atoms with Crippen molar-refractivity contribution in [1.82, 2.24) is 47.9 Å². The van der Waals surface area contributed by atoms with Crippen molar-refractivity contribution in [3.05, 3.63) is 0 Å². The highest BCUT2D eigenvalue weighted by atomic mass is 16.2. The third-order valence-electron chi connectivity index (χ3n) is 11.6. The Kier molecular flexibility index (Phi) is 28.7. The largest absolute Gasteiger partial charge is 0.354 e. The molecular weight excluding hydrogens is 795 g/mol. The molecule has 2 aliphatic heterocycles. The van der Waals surface area contributed by atoms with Gasteiger partial charge in [-0.3, -0.25) is 33.6 Å². The highest BCUT2D eigenvalue weighted by molar-refractivity contribution is 5.95. The molecular formula is C44H83N11O7. The van der Waals surface area contributed by atoms with Gasteiger partial charge in [0.25, 0.3) is 0 Å². The summed E-state index contributed by atoms with van der Waals surface area (Å²) < 4.78 is 0. The van der Waals surface area contributed by atoms with Gasteiger partial charge < -0.3 is 59.3 Å². The lowest BCUT2D eigenvalue weighted by atomic mass is 10.0. The van der Waals surface area contributed by atoms with E-state index in [2.05, 4.69) is 54.8 Å². The third kappa shape index (κ3) is 22.5. The fraction of sp³-hybridized carbons (Fsp3) is 0.841. The van der Waals surface area contributed by atoms with E-state index < -0.39 is 47.9 Å². The van der Waals surface area contributed by atoms with E-state index in [9.17, 15) is 33.6 Å². The lowest BCUT2D eigenvalue weighted by Crippen LogP contribution is -2.57. The fourth-order valence-corrected chi connectivity index (χ4v) is 7.64.